The van der Waals surface area contributed by atoms with Crippen molar-refractivity contribution in [1.29, 1.82) is 0 Å². The minimum Gasteiger partial charge on any atom is -0.0875 e. The molecule has 0 radical (unpaired) electrons. The molecule has 0 aromatic rings. The molecule has 2 aliphatic rings. The average molecular weight is 218 g/mol. The van der Waals surface area contributed by atoms with E-state index in [2.05, 4.69) is 33.8 Å². The molecule has 0 aromatic carbocycles. The molecule has 2 fully saturated rings. The SMILES string of the molecule is CC(C)=CC(C)(C)B1C2CCCC1CCC2. The first-order valence-corrected chi connectivity index (χ1v) is 7.17. The number of rotatable bonds is 2. The van der Waals surface area contributed by atoms with Crippen LogP contribution in [0, 0.1) is 0 Å². The standard InChI is InChI=1S/C15H27B/c1-12(2)11-15(3,4)16-13-7-5-8-14(16)10-6-9-13/h11,13-14H,5-10H2,1-4H3. The summed E-state index contributed by atoms with van der Waals surface area (Å²) in [6.07, 6.45) is 11.5. The second kappa shape index (κ2) is 4.59. The van der Waals surface area contributed by atoms with Crippen molar-refractivity contribution in [2.45, 2.75) is 83.2 Å². The van der Waals surface area contributed by atoms with Gasteiger partial charge in [-0.15, -0.1) is 0 Å². The van der Waals surface area contributed by atoms with Gasteiger partial charge < -0.3 is 0 Å². The smallest absolute Gasteiger partial charge is 0.0875 e. The summed E-state index contributed by atoms with van der Waals surface area (Å²) in [6.45, 7) is 10.4. The van der Waals surface area contributed by atoms with Crippen LogP contribution in [0.3, 0.4) is 0 Å². The first-order valence-electron chi connectivity index (χ1n) is 7.17. The van der Waals surface area contributed by atoms with Crippen LogP contribution in [0.2, 0.25) is 16.9 Å². The summed E-state index contributed by atoms with van der Waals surface area (Å²) in [6, 6.07) is 0. The highest BCUT2D eigenvalue weighted by Crippen LogP contribution is 2.55. The average Bonchev–Trinajstić information content (AvgIpc) is 2.14. The maximum Gasteiger partial charge on any atom is 0.157 e. The predicted molar refractivity (Wildman–Crippen MR) is 74.4 cm³/mol. The van der Waals surface area contributed by atoms with Gasteiger partial charge in [-0.1, -0.05) is 75.7 Å². The van der Waals surface area contributed by atoms with Crippen LogP contribution in [0.4, 0.5) is 0 Å². The second-order valence-electron chi connectivity index (χ2n) is 6.95. The van der Waals surface area contributed by atoms with Gasteiger partial charge in [0.2, 0.25) is 0 Å². The zero-order chi connectivity index (χ0) is 11.8. The lowest BCUT2D eigenvalue weighted by Crippen LogP contribution is -2.41. The van der Waals surface area contributed by atoms with Gasteiger partial charge in [-0.05, 0) is 19.2 Å². The topological polar surface area (TPSA) is 0 Å². The molecule has 0 N–H and O–H groups in total. The fraction of sp³-hybridized carbons (Fsp3) is 0.867. The van der Waals surface area contributed by atoms with E-state index in [1.54, 1.807) is 0 Å². The van der Waals surface area contributed by atoms with E-state index in [1.165, 1.54) is 44.1 Å². The van der Waals surface area contributed by atoms with Crippen LogP contribution in [0.5, 0.6) is 0 Å². The molecule has 1 heteroatoms. The van der Waals surface area contributed by atoms with E-state index in [4.69, 9.17) is 0 Å². The van der Waals surface area contributed by atoms with E-state index in [-0.39, 0.29) is 0 Å². The molecule has 2 bridgehead atoms. The van der Waals surface area contributed by atoms with E-state index < -0.39 is 0 Å². The van der Waals surface area contributed by atoms with Crippen LogP contribution in [0.25, 0.3) is 0 Å². The summed E-state index contributed by atoms with van der Waals surface area (Å²) in [7, 11) is 0. The first-order chi connectivity index (χ1) is 7.50. The molecule has 16 heavy (non-hydrogen) atoms. The minimum atomic E-state index is 0.426. The Kier molecular flexibility index (Phi) is 3.52. The van der Waals surface area contributed by atoms with Crippen molar-refractivity contribution >= 4 is 6.71 Å². The summed E-state index contributed by atoms with van der Waals surface area (Å²) in [5.74, 6) is 2.05. The van der Waals surface area contributed by atoms with Gasteiger partial charge in [0.05, 0.1) is 0 Å². The molecule has 2 aliphatic heterocycles. The van der Waals surface area contributed by atoms with Crippen molar-refractivity contribution in [3.63, 3.8) is 0 Å². The Balaban J connectivity index is 2.21. The Morgan fingerprint density at radius 2 is 1.44 bits per heavy atom. The number of hydrogen-bond acceptors (Lipinski definition) is 0. The van der Waals surface area contributed by atoms with Crippen LogP contribution in [0.15, 0.2) is 11.6 Å². The molecule has 0 nitrogen and oxygen atoms in total. The quantitative estimate of drug-likeness (QED) is 0.433. The molecular weight excluding hydrogens is 191 g/mol. The summed E-state index contributed by atoms with van der Waals surface area (Å²) in [5, 5.41) is 0.426. The van der Waals surface area contributed by atoms with Gasteiger partial charge >= 0.3 is 0 Å². The molecule has 90 valence electrons. The third-order valence-electron chi connectivity index (χ3n) is 4.84. The Bertz CT molecular complexity index is 251. The van der Waals surface area contributed by atoms with E-state index >= 15 is 0 Å². The van der Waals surface area contributed by atoms with E-state index in [1.807, 2.05) is 0 Å². The highest BCUT2D eigenvalue weighted by Gasteiger charge is 2.46. The minimum absolute atomic E-state index is 0.426. The van der Waals surface area contributed by atoms with E-state index in [0.29, 0.717) is 5.31 Å². The lowest BCUT2D eigenvalue weighted by Gasteiger charge is -2.47. The van der Waals surface area contributed by atoms with Crippen LogP contribution in [0.1, 0.15) is 66.2 Å². The Labute approximate surface area is 102 Å². The van der Waals surface area contributed by atoms with Gasteiger partial charge in [-0.2, -0.15) is 0 Å². The molecule has 0 aromatic heterocycles. The monoisotopic (exact) mass is 218 g/mol. The molecule has 2 rings (SSSR count). The third-order valence-corrected chi connectivity index (χ3v) is 4.84. The van der Waals surface area contributed by atoms with Crippen LogP contribution in [-0.2, 0) is 0 Å². The molecule has 2 saturated heterocycles. The predicted octanol–water partition coefficient (Wildman–Crippen LogP) is 5.34. The number of hydrogen-bond donors (Lipinski definition) is 0. The summed E-state index contributed by atoms with van der Waals surface area (Å²) in [4.78, 5) is 0. The lowest BCUT2D eigenvalue weighted by atomic mass is 9.18. The van der Waals surface area contributed by atoms with Gasteiger partial charge in [-0.25, -0.2) is 0 Å². The fourth-order valence-corrected chi connectivity index (χ4v) is 4.73. The van der Waals surface area contributed by atoms with Crippen molar-refractivity contribution in [3.8, 4) is 0 Å². The summed E-state index contributed by atoms with van der Waals surface area (Å²) >= 11 is 0. The highest BCUT2D eigenvalue weighted by molar-refractivity contribution is 6.66. The molecule has 0 aliphatic carbocycles. The maximum atomic E-state index is 2.54. The first kappa shape index (κ1) is 12.3. The number of allylic oxidation sites excluding steroid dienone is 2. The van der Waals surface area contributed by atoms with Gasteiger partial charge in [-0.3, -0.25) is 0 Å². The van der Waals surface area contributed by atoms with Crippen molar-refractivity contribution in [2.24, 2.45) is 0 Å². The van der Waals surface area contributed by atoms with Gasteiger partial charge in [0.15, 0.2) is 6.71 Å². The zero-order valence-corrected chi connectivity index (χ0v) is 11.6. The molecule has 0 saturated carbocycles. The van der Waals surface area contributed by atoms with Crippen molar-refractivity contribution in [1.82, 2.24) is 0 Å². The second-order valence-corrected chi connectivity index (χ2v) is 6.95. The van der Waals surface area contributed by atoms with Crippen molar-refractivity contribution in [3.05, 3.63) is 11.6 Å². The largest absolute Gasteiger partial charge is 0.157 e. The molecular formula is C15H27B. The van der Waals surface area contributed by atoms with Gasteiger partial charge in [0.25, 0.3) is 0 Å². The molecule has 0 unspecified atom stereocenters. The summed E-state index contributed by atoms with van der Waals surface area (Å²) < 4.78 is 0. The number of fused-ring (bicyclic) bond motifs is 2. The fourth-order valence-electron chi connectivity index (χ4n) is 4.73. The van der Waals surface area contributed by atoms with Gasteiger partial charge in [0, 0.05) is 0 Å². The van der Waals surface area contributed by atoms with E-state index in [0.717, 1.165) is 18.3 Å². The zero-order valence-electron chi connectivity index (χ0n) is 11.6. The van der Waals surface area contributed by atoms with Crippen LogP contribution >= 0.6 is 0 Å². The summed E-state index contributed by atoms with van der Waals surface area (Å²) in [5.41, 5.74) is 1.49. The Hall–Kier alpha value is -0.195. The molecule has 2 heterocycles. The normalized spacial score (nSPS) is 30.1. The van der Waals surface area contributed by atoms with Crippen LogP contribution < -0.4 is 0 Å². The maximum absolute atomic E-state index is 2.54. The molecule has 0 atom stereocenters. The Morgan fingerprint density at radius 1 is 1.00 bits per heavy atom. The van der Waals surface area contributed by atoms with Crippen molar-refractivity contribution in [2.75, 3.05) is 0 Å². The lowest BCUT2D eigenvalue weighted by molar-refractivity contribution is 0.428. The highest BCUT2D eigenvalue weighted by atomic mass is 14.3. The van der Waals surface area contributed by atoms with Gasteiger partial charge in [0.1, 0.15) is 0 Å². The van der Waals surface area contributed by atoms with Crippen molar-refractivity contribution < 1.29 is 0 Å². The van der Waals surface area contributed by atoms with E-state index in [9.17, 15) is 0 Å². The molecule has 0 spiro atoms. The third kappa shape index (κ3) is 2.39. The van der Waals surface area contributed by atoms with Crippen LogP contribution in [-0.4, -0.2) is 6.71 Å². The molecule has 0 amide bonds. The Morgan fingerprint density at radius 3 is 1.81 bits per heavy atom.